The zero-order valence-electron chi connectivity index (χ0n) is 20.9. The number of aromatic nitrogens is 1. The fourth-order valence-electron chi connectivity index (χ4n) is 5.14. The summed E-state index contributed by atoms with van der Waals surface area (Å²) in [5.41, 5.74) is 1.43. The van der Waals surface area contributed by atoms with Crippen molar-refractivity contribution < 1.29 is 27.9 Å². The largest absolute Gasteiger partial charge is 0.497 e. The van der Waals surface area contributed by atoms with Crippen LogP contribution in [-0.4, -0.2) is 77.3 Å². The highest BCUT2D eigenvalue weighted by Crippen LogP contribution is 2.38. The molecule has 2 heterocycles. The van der Waals surface area contributed by atoms with Crippen LogP contribution in [0.1, 0.15) is 43.1 Å². The molecule has 0 spiro atoms. The van der Waals surface area contributed by atoms with Crippen LogP contribution in [0.4, 0.5) is 8.78 Å². The van der Waals surface area contributed by atoms with E-state index in [0.717, 1.165) is 10.9 Å². The van der Waals surface area contributed by atoms with Gasteiger partial charge in [0.2, 0.25) is 17.7 Å². The number of piperazine rings is 1. The quantitative estimate of drug-likeness (QED) is 0.657. The van der Waals surface area contributed by atoms with Crippen molar-refractivity contribution in [1.29, 1.82) is 0 Å². The third kappa shape index (κ3) is 5.32. The lowest BCUT2D eigenvalue weighted by Crippen LogP contribution is -2.58. The second-order valence-electron chi connectivity index (χ2n) is 9.60. The minimum absolute atomic E-state index is 0.125. The third-order valence-corrected chi connectivity index (χ3v) is 7.41. The lowest BCUT2D eigenvalue weighted by atomic mass is 9.81. The predicted octanol–water partition coefficient (Wildman–Crippen LogP) is 3.01. The molecule has 1 aromatic carbocycles. The Bertz CT molecular complexity index is 1130. The second kappa shape index (κ2) is 10.4. The molecular weight excluding hydrogens is 470 g/mol. The van der Waals surface area contributed by atoms with E-state index < -0.39 is 17.9 Å². The molecule has 1 N–H and O–H groups in total. The number of benzene rings is 1. The highest BCUT2D eigenvalue weighted by atomic mass is 19.3. The number of methoxy groups -OCH3 is 1. The summed E-state index contributed by atoms with van der Waals surface area (Å²) in [5, 5.41) is 3.66. The molecule has 1 aliphatic carbocycles. The maximum absolute atomic E-state index is 13.7. The van der Waals surface area contributed by atoms with E-state index >= 15 is 0 Å². The molecule has 10 heteroatoms. The zero-order valence-corrected chi connectivity index (χ0v) is 20.9. The summed E-state index contributed by atoms with van der Waals surface area (Å²) in [5.74, 6) is -3.15. The van der Waals surface area contributed by atoms with E-state index in [2.05, 4.69) is 5.32 Å². The Labute approximate surface area is 209 Å². The Morgan fingerprint density at radius 3 is 2.33 bits per heavy atom. The molecule has 2 aromatic rings. The smallest absolute Gasteiger partial charge is 0.270 e. The number of aryl methyl sites for hydroxylation is 1. The van der Waals surface area contributed by atoms with Gasteiger partial charge in [-0.25, -0.2) is 8.78 Å². The van der Waals surface area contributed by atoms with Gasteiger partial charge in [-0.15, -0.1) is 0 Å². The van der Waals surface area contributed by atoms with Gasteiger partial charge in [-0.3, -0.25) is 14.4 Å². The van der Waals surface area contributed by atoms with Crippen LogP contribution in [0.25, 0.3) is 10.9 Å². The maximum Gasteiger partial charge on any atom is 0.270 e. The normalized spacial score (nSPS) is 19.2. The number of amides is 3. The molecule has 1 atom stereocenters. The van der Waals surface area contributed by atoms with Gasteiger partial charge in [0.25, 0.3) is 5.91 Å². The lowest BCUT2D eigenvalue weighted by Gasteiger charge is -2.39. The van der Waals surface area contributed by atoms with Gasteiger partial charge in [0.05, 0.1) is 12.6 Å². The van der Waals surface area contributed by atoms with E-state index in [1.54, 1.807) is 23.8 Å². The molecule has 8 nitrogen and oxygen atoms in total. The van der Waals surface area contributed by atoms with E-state index in [1.807, 2.05) is 35.9 Å². The zero-order chi connectivity index (χ0) is 26.0. The van der Waals surface area contributed by atoms with Gasteiger partial charge in [-0.1, -0.05) is 6.92 Å². The first-order valence-corrected chi connectivity index (χ1v) is 12.3. The highest BCUT2D eigenvalue weighted by molar-refractivity contribution is 5.99. The number of ether oxygens (including phenoxy) is 1. The topological polar surface area (TPSA) is 83.9 Å². The number of rotatable bonds is 6. The molecule has 36 heavy (non-hydrogen) atoms. The van der Waals surface area contributed by atoms with Crippen molar-refractivity contribution in [3.8, 4) is 5.75 Å². The number of alkyl halides is 2. The Morgan fingerprint density at radius 2 is 1.72 bits per heavy atom. The van der Waals surface area contributed by atoms with Crippen LogP contribution in [-0.2, 0) is 16.6 Å². The number of nitrogens with zero attached hydrogens (tertiary/aromatic N) is 3. The predicted molar refractivity (Wildman–Crippen MR) is 131 cm³/mol. The van der Waals surface area contributed by atoms with Crippen LogP contribution in [0.15, 0.2) is 24.3 Å². The number of halogens is 2. The molecule has 195 valence electrons. The minimum atomic E-state index is -2.72. The van der Waals surface area contributed by atoms with Crippen molar-refractivity contribution in [2.75, 3.05) is 33.3 Å². The molecule has 1 aliphatic heterocycles. The summed E-state index contributed by atoms with van der Waals surface area (Å²) >= 11 is 0. The number of carbonyl (C=O) groups excluding carboxylic acids is 3. The number of hydrogen-bond donors (Lipinski definition) is 1. The van der Waals surface area contributed by atoms with E-state index in [-0.39, 0.29) is 43.4 Å². The van der Waals surface area contributed by atoms with Crippen LogP contribution in [0.2, 0.25) is 0 Å². The Morgan fingerprint density at radius 1 is 1.08 bits per heavy atom. The second-order valence-corrected chi connectivity index (χ2v) is 9.60. The summed E-state index contributed by atoms with van der Waals surface area (Å²) < 4.78 is 34.5. The van der Waals surface area contributed by atoms with Crippen molar-refractivity contribution in [1.82, 2.24) is 19.7 Å². The monoisotopic (exact) mass is 503 g/mol. The van der Waals surface area contributed by atoms with Crippen LogP contribution in [0.5, 0.6) is 5.75 Å². The first-order chi connectivity index (χ1) is 17.1. The lowest BCUT2D eigenvalue weighted by molar-refractivity contribution is -0.140. The Kier molecular flexibility index (Phi) is 7.51. The fraction of sp³-hybridized carbons (Fsp3) is 0.538. The molecule has 4 rings (SSSR count). The average Bonchev–Trinajstić information content (AvgIpc) is 3.22. The standard InChI is InChI=1S/C26H33F2N4O4/c1-4-22(33)29-23(17-7-9-26(27,28)10-8-17)25(35)32-13-11-31(12-14-32)24(34)21-15-18-5-6-19(36-3)16-20(18)30(21)2/h4-6,15-17,23H,7-14H2,1-3H3,(H,29,33)/t23-/m0/s1. The SMILES string of the molecule is C[CH]C(=O)N[C@H](C(=O)N1CCN(C(=O)c2cc3ccc(OC)cc3n2C)CC1)C1CCC(F)(F)CC1. The van der Waals surface area contributed by atoms with Crippen molar-refractivity contribution >= 4 is 28.6 Å². The van der Waals surface area contributed by atoms with E-state index in [0.29, 0.717) is 37.6 Å². The van der Waals surface area contributed by atoms with Gasteiger partial charge in [0.15, 0.2) is 0 Å². The van der Waals surface area contributed by atoms with Crippen molar-refractivity contribution in [3.63, 3.8) is 0 Å². The summed E-state index contributed by atoms with van der Waals surface area (Å²) in [6.45, 7) is 2.89. The van der Waals surface area contributed by atoms with Gasteiger partial charge in [-0.2, -0.15) is 0 Å². The van der Waals surface area contributed by atoms with Crippen LogP contribution in [0.3, 0.4) is 0 Å². The molecule has 2 aliphatic rings. The average molecular weight is 504 g/mol. The molecule has 3 amide bonds. The van der Waals surface area contributed by atoms with Crippen molar-refractivity contribution in [3.05, 3.63) is 36.4 Å². The third-order valence-electron chi connectivity index (χ3n) is 7.41. The highest BCUT2D eigenvalue weighted by Gasteiger charge is 2.41. The van der Waals surface area contributed by atoms with Crippen molar-refractivity contribution in [2.45, 2.75) is 44.6 Å². The minimum Gasteiger partial charge on any atom is -0.497 e. The summed E-state index contributed by atoms with van der Waals surface area (Å²) in [6.07, 6.45) is 1.11. The first kappa shape index (κ1) is 25.9. The van der Waals surface area contributed by atoms with Gasteiger partial charge in [0, 0.05) is 63.9 Å². The number of nitrogens with one attached hydrogen (secondary N) is 1. The molecule has 0 unspecified atom stereocenters. The van der Waals surface area contributed by atoms with Crippen LogP contribution in [0, 0.1) is 12.3 Å². The number of fused-ring (bicyclic) bond motifs is 1. The van der Waals surface area contributed by atoms with Crippen LogP contribution >= 0.6 is 0 Å². The maximum atomic E-state index is 13.7. The molecule has 1 saturated heterocycles. The van der Waals surface area contributed by atoms with E-state index in [9.17, 15) is 23.2 Å². The molecule has 1 aromatic heterocycles. The molecular formula is C26H33F2N4O4. The van der Waals surface area contributed by atoms with Gasteiger partial charge in [-0.05, 0) is 37.0 Å². The Balaban J connectivity index is 1.42. The Hall–Kier alpha value is -3.17. The number of hydrogen-bond acceptors (Lipinski definition) is 4. The molecule has 1 saturated carbocycles. The number of carbonyl (C=O) groups is 3. The molecule has 1 radical (unpaired) electrons. The fourth-order valence-corrected chi connectivity index (χ4v) is 5.14. The van der Waals surface area contributed by atoms with Crippen molar-refractivity contribution in [2.24, 2.45) is 13.0 Å². The van der Waals surface area contributed by atoms with Gasteiger partial charge in [0.1, 0.15) is 17.5 Å². The van der Waals surface area contributed by atoms with Gasteiger partial charge < -0.3 is 24.4 Å². The van der Waals surface area contributed by atoms with E-state index in [4.69, 9.17) is 4.74 Å². The first-order valence-electron chi connectivity index (χ1n) is 12.3. The summed E-state index contributed by atoms with van der Waals surface area (Å²) in [6, 6.07) is 6.64. The molecule has 0 bridgehead atoms. The van der Waals surface area contributed by atoms with Gasteiger partial charge >= 0.3 is 0 Å². The summed E-state index contributed by atoms with van der Waals surface area (Å²) in [4.78, 5) is 42.1. The molecule has 2 fully saturated rings. The van der Waals surface area contributed by atoms with E-state index in [1.165, 1.54) is 6.42 Å². The van der Waals surface area contributed by atoms with Crippen LogP contribution < -0.4 is 10.1 Å². The summed E-state index contributed by atoms with van der Waals surface area (Å²) in [7, 11) is 3.43.